The van der Waals surface area contributed by atoms with Gasteiger partial charge in [-0.3, -0.25) is 14.7 Å². The van der Waals surface area contributed by atoms with Crippen molar-refractivity contribution < 1.29 is 4.79 Å². The minimum absolute atomic E-state index is 0.0682. The van der Waals surface area contributed by atoms with Crippen LogP contribution in [0, 0.1) is 6.92 Å². The van der Waals surface area contributed by atoms with Gasteiger partial charge in [0.2, 0.25) is 5.91 Å². The molecule has 0 radical (unpaired) electrons. The number of carbonyl (C=O) groups excluding carboxylic acids is 1. The fraction of sp³-hybridized carbons (Fsp3) is 0.455. The molecular formula is C22H30N4O. The molecule has 2 aromatic rings. The van der Waals surface area contributed by atoms with Crippen molar-refractivity contribution in [2.24, 2.45) is 0 Å². The summed E-state index contributed by atoms with van der Waals surface area (Å²) in [5.74, 6) is 0.0682. The molecule has 2 heterocycles. The predicted octanol–water partition coefficient (Wildman–Crippen LogP) is 2.43. The van der Waals surface area contributed by atoms with Crippen molar-refractivity contribution in [3.63, 3.8) is 0 Å². The van der Waals surface area contributed by atoms with Crippen LogP contribution in [0.3, 0.4) is 0 Å². The minimum atomic E-state index is 0.0682. The highest BCUT2D eigenvalue weighted by molar-refractivity contribution is 5.78. The average molecular weight is 367 g/mol. The Bertz CT molecular complexity index is 717. The van der Waals surface area contributed by atoms with Crippen LogP contribution in [0.1, 0.15) is 29.3 Å². The zero-order valence-corrected chi connectivity index (χ0v) is 16.4. The van der Waals surface area contributed by atoms with E-state index in [-0.39, 0.29) is 5.91 Å². The van der Waals surface area contributed by atoms with Crippen LogP contribution >= 0.6 is 0 Å². The fourth-order valence-corrected chi connectivity index (χ4v) is 3.58. The second-order valence-corrected chi connectivity index (χ2v) is 7.41. The minimum Gasteiger partial charge on any atom is -0.356 e. The lowest BCUT2D eigenvalue weighted by Crippen LogP contribution is -2.47. The summed E-state index contributed by atoms with van der Waals surface area (Å²) >= 11 is 0. The van der Waals surface area contributed by atoms with Crippen molar-refractivity contribution in [1.29, 1.82) is 0 Å². The number of likely N-dealkylation sites (N-methyl/N-ethyl adjacent to an activating group) is 1. The van der Waals surface area contributed by atoms with E-state index in [9.17, 15) is 4.79 Å². The van der Waals surface area contributed by atoms with Gasteiger partial charge in [0.15, 0.2) is 0 Å². The Morgan fingerprint density at radius 3 is 2.74 bits per heavy atom. The maximum Gasteiger partial charge on any atom is 0.224 e. The number of pyridine rings is 1. The van der Waals surface area contributed by atoms with Crippen LogP contribution in [0.15, 0.2) is 48.7 Å². The molecule has 1 N–H and O–H groups in total. The van der Waals surface area contributed by atoms with E-state index in [1.807, 2.05) is 19.1 Å². The summed E-state index contributed by atoms with van der Waals surface area (Å²) in [7, 11) is 2.19. The van der Waals surface area contributed by atoms with Gasteiger partial charge in [0.25, 0.3) is 0 Å². The summed E-state index contributed by atoms with van der Waals surface area (Å²) in [6.45, 7) is 6.88. The van der Waals surface area contributed by atoms with Crippen LogP contribution in [0.4, 0.5) is 0 Å². The van der Waals surface area contributed by atoms with Gasteiger partial charge in [0, 0.05) is 50.7 Å². The molecule has 0 saturated carbocycles. The summed E-state index contributed by atoms with van der Waals surface area (Å²) in [4.78, 5) is 21.3. The molecular weight excluding hydrogens is 336 g/mol. The number of piperazine rings is 1. The lowest BCUT2D eigenvalue weighted by atomic mass is 10.0. The first-order chi connectivity index (χ1) is 13.1. The Hall–Kier alpha value is -2.24. The lowest BCUT2D eigenvalue weighted by Gasteiger charge is -2.40. The van der Waals surface area contributed by atoms with Gasteiger partial charge in [0.1, 0.15) is 0 Å². The highest BCUT2D eigenvalue weighted by Crippen LogP contribution is 2.24. The number of aryl methyl sites for hydroxylation is 1. The zero-order valence-electron chi connectivity index (χ0n) is 16.4. The monoisotopic (exact) mass is 366 g/mol. The summed E-state index contributed by atoms with van der Waals surface area (Å²) < 4.78 is 0. The van der Waals surface area contributed by atoms with E-state index in [2.05, 4.69) is 57.5 Å². The summed E-state index contributed by atoms with van der Waals surface area (Å²) in [6.07, 6.45) is 3.14. The van der Waals surface area contributed by atoms with Crippen molar-refractivity contribution >= 4 is 5.91 Å². The summed E-state index contributed by atoms with van der Waals surface area (Å²) in [5, 5.41) is 3.04. The molecule has 144 valence electrons. The van der Waals surface area contributed by atoms with Gasteiger partial charge in [0.05, 0.1) is 6.42 Å². The molecule has 5 heteroatoms. The van der Waals surface area contributed by atoms with Crippen LogP contribution < -0.4 is 5.32 Å². The molecule has 0 aliphatic carbocycles. The fourth-order valence-electron chi connectivity index (χ4n) is 3.58. The third-order valence-corrected chi connectivity index (χ3v) is 5.16. The maximum atomic E-state index is 12.1. The molecule has 1 aliphatic rings. The lowest BCUT2D eigenvalue weighted by molar-refractivity contribution is -0.120. The van der Waals surface area contributed by atoms with Gasteiger partial charge in [-0.2, -0.15) is 0 Å². The molecule has 27 heavy (non-hydrogen) atoms. The van der Waals surface area contributed by atoms with Crippen LogP contribution in [0.5, 0.6) is 0 Å². The molecule has 5 nitrogen and oxygen atoms in total. The van der Waals surface area contributed by atoms with Crippen LogP contribution in [0.2, 0.25) is 0 Å². The van der Waals surface area contributed by atoms with E-state index < -0.39 is 0 Å². The second kappa shape index (κ2) is 9.62. The third-order valence-electron chi connectivity index (χ3n) is 5.16. The normalized spacial score (nSPS) is 18.4. The predicted molar refractivity (Wildman–Crippen MR) is 109 cm³/mol. The van der Waals surface area contributed by atoms with Crippen molar-refractivity contribution in [3.8, 4) is 0 Å². The Morgan fingerprint density at radius 1 is 1.19 bits per heavy atom. The molecule has 3 rings (SSSR count). The van der Waals surface area contributed by atoms with Crippen molar-refractivity contribution in [2.75, 3.05) is 39.8 Å². The van der Waals surface area contributed by atoms with Gasteiger partial charge in [-0.1, -0.05) is 36.4 Å². The van der Waals surface area contributed by atoms with Gasteiger partial charge in [-0.15, -0.1) is 0 Å². The van der Waals surface area contributed by atoms with Crippen molar-refractivity contribution in [1.82, 2.24) is 20.1 Å². The first-order valence-electron chi connectivity index (χ1n) is 9.77. The van der Waals surface area contributed by atoms with E-state index in [1.54, 1.807) is 6.20 Å². The first kappa shape index (κ1) is 19.5. The average Bonchev–Trinajstić information content (AvgIpc) is 2.68. The van der Waals surface area contributed by atoms with Crippen molar-refractivity contribution in [2.45, 2.75) is 25.8 Å². The Kier molecular flexibility index (Phi) is 6.96. The largest absolute Gasteiger partial charge is 0.356 e. The molecule has 1 aliphatic heterocycles. The number of aromatic nitrogens is 1. The van der Waals surface area contributed by atoms with Gasteiger partial charge in [-0.25, -0.2) is 0 Å². The molecule has 1 atom stereocenters. The third kappa shape index (κ3) is 5.88. The number of rotatable bonds is 7. The van der Waals surface area contributed by atoms with Crippen LogP contribution in [-0.4, -0.2) is 60.5 Å². The number of hydrogen-bond acceptors (Lipinski definition) is 4. The Balaban J connectivity index is 1.44. The quantitative estimate of drug-likeness (QED) is 0.765. The molecule has 1 unspecified atom stereocenters. The molecule has 1 aromatic carbocycles. The number of carbonyl (C=O) groups is 1. The topological polar surface area (TPSA) is 48.5 Å². The molecule has 0 spiro atoms. The van der Waals surface area contributed by atoms with E-state index in [0.29, 0.717) is 19.0 Å². The van der Waals surface area contributed by atoms with Gasteiger partial charge < -0.3 is 10.2 Å². The maximum absolute atomic E-state index is 12.1. The van der Waals surface area contributed by atoms with Gasteiger partial charge in [-0.05, 0) is 37.6 Å². The summed E-state index contributed by atoms with van der Waals surface area (Å²) in [6, 6.07) is 15.1. The highest BCUT2D eigenvalue weighted by atomic mass is 16.1. The highest BCUT2D eigenvalue weighted by Gasteiger charge is 2.25. The van der Waals surface area contributed by atoms with E-state index >= 15 is 0 Å². The smallest absolute Gasteiger partial charge is 0.224 e. The molecule has 1 saturated heterocycles. The van der Waals surface area contributed by atoms with Crippen LogP contribution in [-0.2, 0) is 11.2 Å². The number of benzene rings is 1. The molecule has 1 fully saturated rings. The van der Waals surface area contributed by atoms with E-state index in [4.69, 9.17) is 0 Å². The van der Waals surface area contributed by atoms with E-state index in [1.165, 1.54) is 5.56 Å². The van der Waals surface area contributed by atoms with Gasteiger partial charge >= 0.3 is 0 Å². The SMILES string of the molecule is Cc1ccc(CC(=O)NCCCN2CCN(C)CC2c2ccccc2)cn1. The summed E-state index contributed by atoms with van der Waals surface area (Å²) in [5.41, 5.74) is 3.31. The standard InChI is InChI=1S/C22H30N4O/c1-18-9-10-19(16-24-18)15-22(27)23-11-6-12-26-14-13-25(2)17-21(26)20-7-4-3-5-8-20/h3-5,7-10,16,21H,6,11-15,17H2,1-2H3,(H,23,27). The molecule has 0 bridgehead atoms. The zero-order chi connectivity index (χ0) is 19.1. The van der Waals surface area contributed by atoms with Crippen LogP contribution in [0.25, 0.3) is 0 Å². The molecule has 1 aromatic heterocycles. The van der Waals surface area contributed by atoms with Crippen molar-refractivity contribution in [3.05, 3.63) is 65.5 Å². The molecule has 1 amide bonds. The number of amides is 1. The Labute approximate surface area is 162 Å². The second-order valence-electron chi connectivity index (χ2n) is 7.41. The number of nitrogens with zero attached hydrogens (tertiary/aromatic N) is 3. The number of nitrogens with one attached hydrogen (secondary N) is 1. The first-order valence-corrected chi connectivity index (χ1v) is 9.77. The van der Waals surface area contributed by atoms with E-state index in [0.717, 1.165) is 43.9 Å². The number of hydrogen-bond donors (Lipinski definition) is 1. The Morgan fingerprint density at radius 2 is 2.00 bits per heavy atom.